The number of aryl methyl sites for hydroxylation is 1. The number of hydrogen-bond donors (Lipinski definition) is 3. The van der Waals surface area contributed by atoms with E-state index in [-0.39, 0.29) is 0 Å². The van der Waals surface area contributed by atoms with Crippen LogP contribution in [0.1, 0.15) is 17.2 Å². The van der Waals surface area contributed by atoms with E-state index in [4.69, 9.17) is 9.47 Å². The Morgan fingerprint density at radius 1 is 1.12 bits per heavy atom. The highest BCUT2D eigenvalue weighted by Crippen LogP contribution is 2.50. The number of carboxylic acid groups (broad SMARTS) is 1. The van der Waals surface area contributed by atoms with Crippen LogP contribution in [0.15, 0.2) is 42.5 Å². The van der Waals surface area contributed by atoms with Crippen molar-refractivity contribution in [3.8, 4) is 11.5 Å². The number of nitrogens with one attached hydrogen (secondary N) is 1. The molecule has 2 amide bonds. The number of rotatable bonds is 4. The third-order valence-corrected chi connectivity index (χ3v) is 6.57. The van der Waals surface area contributed by atoms with Gasteiger partial charge in [0.25, 0.3) is 0 Å². The van der Waals surface area contributed by atoms with Crippen molar-refractivity contribution in [2.24, 2.45) is 11.8 Å². The van der Waals surface area contributed by atoms with E-state index in [0.29, 0.717) is 41.5 Å². The molecule has 0 bridgehead atoms. The van der Waals surface area contributed by atoms with Gasteiger partial charge >= 0.3 is 5.97 Å². The Balaban J connectivity index is 1.63. The maximum Gasteiger partial charge on any atom is 0.327 e. The summed E-state index contributed by atoms with van der Waals surface area (Å²) in [5.41, 5.74) is -0.293. The Morgan fingerprint density at radius 3 is 2.53 bits per heavy atom. The molecule has 0 aromatic heterocycles. The summed E-state index contributed by atoms with van der Waals surface area (Å²) in [6, 6.07) is 11.2. The second kappa shape index (κ2) is 7.32. The minimum Gasteiger partial charge on any atom is -0.486 e. The van der Waals surface area contributed by atoms with Crippen molar-refractivity contribution in [2.75, 3.05) is 24.7 Å². The topological polar surface area (TPSA) is 125 Å². The third-order valence-electron chi connectivity index (χ3n) is 6.57. The van der Waals surface area contributed by atoms with E-state index >= 15 is 0 Å². The van der Waals surface area contributed by atoms with E-state index < -0.39 is 47.8 Å². The van der Waals surface area contributed by atoms with Gasteiger partial charge in [-0.25, -0.2) is 4.90 Å². The number of benzene rings is 2. The van der Waals surface area contributed by atoms with E-state index in [2.05, 4.69) is 5.32 Å². The van der Waals surface area contributed by atoms with Crippen LogP contribution in [0.25, 0.3) is 0 Å². The summed E-state index contributed by atoms with van der Waals surface area (Å²) < 4.78 is 11.2. The fraction of sp³-hybridized carbons (Fsp3) is 0.348. The normalized spacial score (nSPS) is 28.7. The molecule has 9 heteroatoms. The average molecular weight is 438 g/mol. The number of amides is 2. The number of nitrogens with zero attached hydrogens (tertiary/aromatic N) is 1. The molecule has 4 unspecified atom stereocenters. The molecule has 0 saturated carbocycles. The molecule has 3 aliphatic rings. The zero-order valence-corrected chi connectivity index (χ0v) is 17.3. The Kier molecular flexibility index (Phi) is 4.68. The molecule has 3 N–H and O–H groups in total. The number of hydrogen-bond acceptors (Lipinski definition) is 7. The summed E-state index contributed by atoms with van der Waals surface area (Å²) in [5, 5.41) is 23.1. The number of carbonyl (C=O) groups is 3. The van der Waals surface area contributed by atoms with Gasteiger partial charge in [0.2, 0.25) is 11.8 Å². The largest absolute Gasteiger partial charge is 0.486 e. The van der Waals surface area contributed by atoms with Crippen molar-refractivity contribution in [3.63, 3.8) is 0 Å². The van der Waals surface area contributed by atoms with Crippen molar-refractivity contribution in [3.05, 3.63) is 53.6 Å². The van der Waals surface area contributed by atoms with Crippen molar-refractivity contribution in [1.82, 2.24) is 5.32 Å². The molecular formula is C23H22N2O7. The second-order valence-corrected chi connectivity index (χ2v) is 8.26. The molecule has 0 spiro atoms. The number of carboxylic acids is 1. The molecule has 166 valence electrons. The molecule has 0 radical (unpaired) electrons. The van der Waals surface area contributed by atoms with E-state index in [0.717, 1.165) is 4.90 Å². The lowest BCUT2D eigenvalue weighted by molar-refractivity contribution is -0.150. The van der Waals surface area contributed by atoms with Gasteiger partial charge in [-0.2, -0.15) is 0 Å². The van der Waals surface area contributed by atoms with Gasteiger partial charge in [0.15, 0.2) is 17.0 Å². The number of carbonyl (C=O) groups excluding carboxylic acids is 2. The number of imide groups is 1. The fourth-order valence-corrected chi connectivity index (χ4v) is 5.00. The average Bonchev–Trinajstić information content (AvgIpc) is 3.28. The number of aliphatic hydroxyl groups excluding tert-OH is 1. The Hall–Kier alpha value is -3.43. The van der Waals surface area contributed by atoms with Crippen molar-refractivity contribution >= 4 is 23.5 Å². The number of para-hydroxylation sites is 1. The van der Waals surface area contributed by atoms with Gasteiger partial charge in [-0.15, -0.1) is 0 Å². The van der Waals surface area contributed by atoms with Crippen LogP contribution in [-0.4, -0.2) is 53.4 Å². The lowest BCUT2D eigenvalue weighted by atomic mass is 9.79. The van der Waals surface area contributed by atoms with Crippen LogP contribution in [0, 0.1) is 18.8 Å². The highest BCUT2D eigenvalue weighted by Gasteiger charge is 2.68. The minimum atomic E-state index is -1.99. The standard InChI is InChI=1S/C23H22N2O7/c1-12-4-2-3-5-14(12)25-20(27)17-18(21(25)28)23(11-26,22(29)30)24-19(17)13-6-7-15-16(10-13)32-9-8-31-15/h2-7,10,17-19,24,26H,8-9,11H2,1H3,(H,29,30). The van der Waals surface area contributed by atoms with Gasteiger partial charge in [-0.3, -0.25) is 19.7 Å². The molecular weight excluding hydrogens is 416 g/mol. The SMILES string of the molecule is Cc1ccccc1N1C(=O)C2C(c3ccc4c(c3)OCCO4)NC(CO)(C(=O)O)C2C1=O. The minimum absolute atomic E-state index is 0.370. The number of aliphatic carboxylic acids is 1. The molecule has 3 heterocycles. The second-order valence-electron chi connectivity index (χ2n) is 8.26. The summed E-state index contributed by atoms with van der Waals surface area (Å²) in [6.45, 7) is 1.72. The zero-order valence-electron chi connectivity index (χ0n) is 17.3. The van der Waals surface area contributed by atoms with Gasteiger partial charge in [-0.1, -0.05) is 24.3 Å². The van der Waals surface area contributed by atoms with Gasteiger partial charge in [0, 0.05) is 6.04 Å². The third kappa shape index (κ3) is 2.74. The molecule has 2 aromatic rings. The first-order chi connectivity index (χ1) is 15.4. The van der Waals surface area contributed by atoms with Crippen molar-refractivity contribution < 1.29 is 34.1 Å². The monoisotopic (exact) mass is 438 g/mol. The summed E-state index contributed by atoms with van der Waals surface area (Å²) >= 11 is 0. The highest BCUT2D eigenvalue weighted by atomic mass is 16.6. The van der Waals surface area contributed by atoms with Crippen LogP contribution >= 0.6 is 0 Å². The zero-order chi connectivity index (χ0) is 22.6. The summed E-state index contributed by atoms with van der Waals surface area (Å²) in [7, 11) is 0. The van der Waals surface area contributed by atoms with Gasteiger partial charge in [-0.05, 0) is 36.2 Å². The molecule has 5 rings (SSSR count). The van der Waals surface area contributed by atoms with E-state index in [1.54, 1.807) is 49.4 Å². The van der Waals surface area contributed by atoms with E-state index in [1.807, 2.05) is 0 Å². The lowest BCUT2D eigenvalue weighted by Crippen LogP contribution is -2.58. The summed E-state index contributed by atoms with van der Waals surface area (Å²) in [4.78, 5) is 40.4. The van der Waals surface area contributed by atoms with Crippen molar-refractivity contribution in [2.45, 2.75) is 18.5 Å². The van der Waals surface area contributed by atoms with Gasteiger partial charge in [0.1, 0.15) is 13.2 Å². The smallest absolute Gasteiger partial charge is 0.327 e. The van der Waals surface area contributed by atoms with Crippen LogP contribution in [0.5, 0.6) is 11.5 Å². The first-order valence-electron chi connectivity index (χ1n) is 10.3. The van der Waals surface area contributed by atoms with Crippen LogP contribution in [0.3, 0.4) is 0 Å². The Labute approximate surface area is 183 Å². The van der Waals surface area contributed by atoms with Crippen LogP contribution in [-0.2, 0) is 14.4 Å². The molecule has 2 fully saturated rings. The predicted molar refractivity (Wildman–Crippen MR) is 111 cm³/mol. The summed E-state index contributed by atoms with van der Waals surface area (Å²) in [5.74, 6) is -3.77. The fourth-order valence-electron chi connectivity index (χ4n) is 5.00. The van der Waals surface area contributed by atoms with Gasteiger partial charge in [0.05, 0.1) is 24.1 Å². The van der Waals surface area contributed by atoms with Crippen LogP contribution < -0.4 is 19.7 Å². The van der Waals surface area contributed by atoms with Gasteiger partial charge < -0.3 is 19.7 Å². The Bertz CT molecular complexity index is 1130. The Morgan fingerprint density at radius 2 is 1.84 bits per heavy atom. The molecule has 3 aliphatic heterocycles. The molecule has 4 atom stereocenters. The lowest BCUT2D eigenvalue weighted by Gasteiger charge is -2.29. The number of fused-ring (bicyclic) bond motifs is 2. The molecule has 0 aliphatic carbocycles. The number of ether oxygens (including phenoxy) is 2. The maximum absolute atomic E-state index is 13.6. The number of aliphatic hydroxyl groups is 1. The van der Waals surface area contributed by atoms with E-state index in [1.165, 1.54) is 0 Å². The quantitative estimate of drug-likeness (QED) is 0.605. The molecule has 32 heavy (non-hydrogen) atoms. The summed E-state index contributed by atoms with van der Waals surface area (Å²) in [6.07, 6.45) is 0. The number of anilines is 1. The van der Waals surface area contributed by atoms with E-state index in [9.17, 15) is 24.6 Å². The van der Waals surface area contributed by atoms with Crippen LogP contribution in [0.4, 0.5) is 5.69 Å². The maximum atomic E-state index is 13.6. The van der Waals surface area contributed by atoms with Crippen molar-refractivity contribution in [1.29, 1.82) is 0 Å². The first kappa shape index (κ1) is 20.5. The predicted octanol–water partition coefficient (Wildman–Crippen LogP) is 1.03. The highest BCUT2D eigenvalue weighted by molar-refractivity contribution is 6.24. The first-order valence-corrected chi connectivity index (χ1v) is 10.3. The molecule has 2 saturated heterocycles. The molecule has 9 nitrogen and oxygen atoms in total. The van der Waals surface area contributed by atoms with Crippen LogP contribution in [0.2, 0.25) is 0 Å². The molecule has 2 aromatic carbocycles.